The van der Waals surface area contributed by atoms with Crippen LogP contribution in [-0.2, 0) is 6.42 Å². The van der Waals surface area contributed by atoms with Crippen molar-refractivity contribution in [3.05, 3.63) is 70.2 Å². The molecule has 0 aromatic heterocycles. The van der Waals surface area contributed by atoms with Crippen molar-refractivity contribution >= 4 is 11.6 Å². The number of hydrogen-bond donors (Lipinski definition) is 1. The zero-order valence-electron chi connectivity index (χ0n) is 9.86. The number of benzene rings is 2. The maximum Gasteiger partial charge on any atom is 0.0408 e. The molecule has 17 heavy (non-hydrogen) atoms. The lowest BCUT2D eigenvalue weighted by atomic mass is 9.96. The highest BCUT2D eigenvalue weighted by atomic mass is 35.5. The van der Waals surface area contributed by atoms with E-state index in [1.54, 1.807) is 0 Å². The molecule has 0 aliphatic heterocycles. The molecule has 2 N–H and O–H groups in total. The first-order chi connectivity index (χ1) is 8.16. The molecule has 1 unspecified atom stereocenters. The Balaban J connectivity index is 2.17. The quantitative estimate of drug-likeness (QED) is 0.872. The molecule has 0 saturated heterocycles. The van der Waals surface area contributed by atoms with Crippen molar-refractivity contribution in [1.82, 2.24) is 0 Å². The van der Waals surface area contributed by atoms with Crippen LogP contribution in [0.1, 0.15) is 22.7 Å². The zero-order chi connectivity index (χ0) is 12.3. The third-order valence-corrected chi connectivity index (χ3v) is 3.16. The summed E-state index contributed by atoms with van der Waals surface area (Å²) in [4.78, 5) is 0. The molecule has 0 radical (unpaired) electrons. The van der Waals surface area contributed by atoms with E-state index in [4.69, 9.17) is 17.3 Å². The average Bonchev–Trinajstić information content (AvgIpc) is 2.30. The average molecular weight is 246 g/mol. The molecule has 0 spiro atoms. The van der Waals surface area contributed by atoms with Gasteiger partial charge in [-0.15, -0.1) is 0 Å². The second-order valence-corrected chi connectivity index (χ2v) is 4.73. The summed E-state index contributed by atoms with van der Waals surface area (Å²) in [6.07, 6.45) is 0.851. The zero-order valence-corrected chi connectivity index (χ0v) is 10.6. The van der Waals surface area contributed by atoms with Crippen molar-refractivity contribution < 1.29 is 0 Å². The van der Waals surface area contributed by atoms with Gasteiger partial charge in [-0.3, -0.25) is 0 Å². The van der Waals surface area contributed by atoms with E-state index in [2.05, 4.69) is 12.1 Å². The van der Waals surface area contributed by atoms with Crippen LogP contribution in [-0.4, -0.2) is 0 Å². The second-order valence-electron chi connectivity index (χ2n) is 4.30. The van der Waals surface area contributed by atoms with Crippen LogP contribution in [0, 0.1) is 6.92 Å². The fourth-order valence-electron chi connectivity index (χ4n) is 2.03. The summed E-state index contributed by atoms with van der Waals surface area (Å²) in [5.41, 5.74) is 9.81. The smallest absolute Gasteiger partial charge is 0.0408 e. The van der Waals surface area contributed by atoms with Gasteiger partial charge in [0.05, 0.1) is 0 Å². The van der Waals surface area contributed by atoms with Crippen molar-refractivity contribution in [3.63, 3.8) is 0 Å². The van der Waals surface area contributed by atoms with E-state index < -0.39 is 0 Å². The third-order valence-electron chi connectivity index (χ3n) is 2.93. The molecule has 2 aromatic carbocycles. The van der Waals surface area contributed by atoms with E-state index in [-0.39, 0.29) is 6.04 Å². The van der Waals surface area contributed by atoms with Gasteiger partial charge in [-0.25, -0.2) is 0 Å². The molecule has 2 rings (SSSR count). The number of hydrogen-bond acceptors (Lipinski definition) is 1. The number of rotatable bonds is 3. The Hall–Kier alpha value is -1.31. The SMILES string of the molecule is Cc1cc(Cl)ccc1C(N)Cc1ccccc1. The maximum atomic E-state index is 6.23. The number of nitrogens with two attached hydrogens (primary N) is 1. The standard InChI is InChI=1S/C15H16ClN/c1-11-9-13(16)7-8-14(11)15(17)10-12-5-3-2-4-6-12/h2-9,15H,10,17H2,1H3. The number of halogens is 1. The Morgan fingerprint density at radius 3 is 2.47 bits per heavy atom. The van der Waals surface area contributed by atoms with Gasteiger partial charge in [0.1, 0.15) is 0 Å². The predicted octanol–water partition coefficient (Wildman–Crippen LogP) is 3.89. The minimum Gasteiger partial charge on any atom is -0.324 e. The summed E-state index contributed by atoms with van der Waals surface area (Å²) in [5, 5.41) is 0.762. The van der Waals surface area contributed by atoms with Gasteiger partial charge >= 0.3 is 0 Å². The molecular formula is C15H16ClN. The van der Waals surface area contributed by atoms with E-state index in [1.807, 2.05) is 43.3 Å². The van der Waals surface area contributed by atoms with E-state index >= 15 is 0 Å². The molecule has 0 bridgehead atoms. The summed E-state index contributed by atoms with van der Waals surface area (Å²) in [5.74, 6) is 0. The summed E-state index contributed by atoms with van der Waals surface area (Å²) >= 11 is 5.94. The maximum absolute atomic E-state index is 6.23. The Kier molecular flexibility index (Phi) is 3.82. The van der Waals surface area contributed by atoms with Gasteiger partial charge in [-0.1, -0.05) is 48.0 Å². The molecule has 2 heteroatoms. The molecule has 1 atom stereocenters. The van der Waals surface area contributed by atoms with Crippen LogP contribution < -0.4 is 5.73 Å². The highest BCUT2D eigenvalue weighted by molar-refractivity contribution is 6.30. The Labute approximate surface area is 107 Å². The molecule has 1 nitrogen and oxygen atoms in total. The van der Waals surface area contributed by atoms with Crippen LogP contribution >= 0.6 is 11.6 Å². The van der Waals surface area contributed by atoms with Gasteiger partial charge in [0.25, 0.3) is 0 Å². The second kappa shape index (κ2) is 5.35. The van der Waals surface area contributed by atoms with Crippen LogP contribution in [0.5, 0.6) is 0 Å². The van der Waals surface area contributed by atoms with Crippen molar-refractivity contribution in [2.75, 3.05) is 0 Å². The van der Waals surface area contributed by atoms with Crippen LogP contribution in [0.15, 0.2) is 48.5 Å². The summed E-state index contributed by atoms with van der Waals surface area (Å²) in [6, 6.07) is 16.2. The van der Waals surface area contributed by atoms with E-state index in [1.165, 1.54) is 11.1 Å². The molecular weight excluding hydrogens is 230 g/mol. The normalized spacial score (nSPS) is 12.4. The van der Waals surface area contributed by atoms with E-state index in [9.17, 15) is 0 Å². The predicted molar refractivity (Wildman–Crippen MR) is 73.3 cm³/mol. The first kappa shape index (κ1) is 12.2. The third kappa shape index (κ3) is 3.09. The lowest BCUT2D eigenvalue weighted by Gasteiger charge is -2.15. The van der Waals surface area contributed by atoms with Crippen LogP contribution in [0.25, 0.3) is 0 Å². The van der Waals surface area contributed by atoms with Gasteiger partial charge in [0.2, 0.25) is 0 Å². The molecule has 88 valence electrons. The summed E-state index contributed by atoms with van der Waals surface area (Å²) < 4.78 is 0. The monoisotopic (exact) mass is 245 g/mol. The molecule has 2 aromatic rings. The van der Waals surface area contributed by atoms with Gasteiger partial charge in [-0.05, 0) is 42.2 Å². The van der Waals surface area contributed by atoms with E-state index in [0.29, 0.717) is 0 Å². The molecule has 0 fully saturated rings. The van der Waals surface area contributed by atoms with Gasteiger partial charge < -0.3 is 5.73 Å². The molecule has 0 heterocycles. The fourth-order valence-corrected chi connectivity index (χ4v) is 2.26. The Morgan fingerprint density at radius 1 is 1.12 bits per heavy atom. The lowest BCUT2D eigenvalue weighted by molar-refractivity contribution is 0.717. The minimum absolute atomic E-state index is 0.0228. The van der Waals surface area contributed by atoms with Gasteiger partial charge in [0, 0.05) is 11.1 Å². The van der Waals surface area contributed by atoms with Crippen LogP contribution in [0.3, 0.4) is 0 Å². The van der Waals surface area contributed by atoms with Crippen LogP contribution in [0.2, 0.25) is 5.02 Å². The van der Waals surface area contributed by atoms with Crippen molar-refractivity contribution in [2.45, 2.75) is 19.4 Å². The van der Waals surface area contributed by atoms with Crippen molar-refractivity contribution in [2.24, 2.45) is 5.73 Å². The van der Waals surface area contributed by atoms with Gasteiger partial charge in [0.15, 0.2) is 0 Å². The molecule has 0 aliphatic carbocycles. The largest absolute Gasteiger partial charge is 0.324 e. The Morgan fingerprint density at radius 2 is 1.82 bits per heavy atom. The highest BCUT2D eigenvalue weighted by Gasteiger charge is 2.09. The van der Waals surface area contributed by atoms with E-state index in [0.717, 1.165) is 17.0 Å². The number of aryl methyl sites for hydroxylation is 1. The van der Waals surface area contributed by atoms with Crippen LogP contribution in [0.4, 0.5) is 0 Å². The summed E-state index contributed by atoms with van der Waals surface area (Å²) in [7, 11) is 0. The lowest BCUT2D eigenvalue weighted by Crippen LogP contribution is -2.14. The molecule has 0 amide bonds. The van der Waals surface area contributed by atoms with Gasteiger partial charge in [-0.2, -0.15) is 0 Å². The minimum atomic E-state index is 0.0228. The first-order valence-corrected chi connectivity index (χ1v) is 6.10. The van der Waals surface area contributed by atoms with Crippen molar-refractivity contribution in [1.29, 1.82) is 0 Å². The topological polar surface area (TPSA) is 26.0 Å². The summed E-state index contributed by atoms with van der Waals surface area (Å²) in [6.45, 7) is 2.05. The molecule has 0 aliphatic rings. The fraction of sp³-hybridized carbons (Fsp3) is 0.200. The Bertz CT molecular complexity index is 494. The first-order valence-electron chi connectivity index (χ1n) is 5.72. The molecule has 0 saturated carbocycles. The van der Waals surface area contributed by atoms with Crippen molar-refractivity contribution in [3.8, 4) is 0 Å². The highest BCUT2D eigenvalue weighted by Crippen LogP contribution is 2.22.